The minimum atomic E-state index is -2.52. The van der Waals surface area contributed by atoms with Gasteiger partial charge in [0.25, 0.3) is 0 Å². The van der Waals surface area contributed by atoms with Crippen molar-refractivity contribution in [2.24, 2.45) is 0 Å². The molecule has 0 bridgehead atoms. The predicted octanol–water partition coefficient (Wildman–Crippen LogP) is 2.76. The molecule has 0 amide bonds. The average Bonchev–Trinajstić information content (AvgIpc) is 2.96. The molecular formula is C22H25BFNO5. The number of hydrogen-bond donors (Lipinski definition) is 0. The fourth-order valence-electron chi connectivity index (χ4n) is 4.98. The Kier molecular flexibility index (Phi) is 4.13. The van der Waals surface area contributed by atoms with E-state index in [0.29, 0.717) is 16.8 Å². The molecule has 4 rings (SSSR count). The van der Waals surface area contributed by atoms with Crippen LogP contribution in [0.1, 0.15) is 27.7 Å². The Morgan fingerprint density at radius 3 is 1.97 bits per heavy atom. The lowest BCUT2D eigenvalue weighted by atomic mass is 9.57. The molecule has 2 saturated heterocycles. The number of hydrogen-bond acceptors (Lipinski definition) is 5. The van der Waals surface area contributed by atoms with Crippen molar-refractivity contribution in [3.63, 3.8) is 0 Å². The van der Waals surface area contributed by atoms with Crippen molar-refractivity contribution in [3.8, 4) is 16.9 Å². The van der Waals surface area contributed by atoms with Crippen LogP contribution < -0.4 is 10.2 Å². The second kappa shape index (κ2) is 6.07. The van der Waals surface area contributed by atoms with Gasteiger partial charge < -0.3 is 18.4 Å². The van der Waals surface area contributed by atoms with Gasteiger partial charge in [0.05, 0.1) is 7.11 Å². The van der Waals surface area contributed by atoms with Gasteiger partial charge in [0, 0.05) is 12.6 Å². The van der Waals surface area contributed by atoms with Gasteiger partial charge in [0.1, 0.15) is 11.6 Å². The first-order valence-corrected chi connectivity index (χ1v) is 9.84. The van der Waals surface area contributed by atoms with Crippen molar-refractivity contribution in [1.82, 2.24) is 0 Å². The van der Waals surface area contributed by atoms with Crippen LogP contribution in [-0.4, -0.2) is 48.3 Å². The van der Waals surface area contributed by atoms with E-state index in [4.69, 9.17) is 14.0 Å². The largest absolute Gasteiger partial charge is 0.615 e. The van der Waals surface area contributed by atoms with Crippen LogP contribution in [0.5, 0.6) is 5.75 Å². The van der Waals surface area contributed by atoms with Gasteiger partial charge in [-0.1, -0.05) is 24.3 Å². The number of carbonyl (C=O) groups is 2. The van der Waals surface area contributed by atoms with E-state index in [1.54, 1.807) is 65.1 Å². The Labute approximate surface area is 175 Å². The molecule has 0 atom stereocenters. The molecule has 30 heavy (non-hydrogen) atoms. The van der Waals surface area contributed by atoms with E-state index in [1.807, 2.05) is 7.05 Å². The zero-order valence-corrected chi connectivity index (χ0v) is 18.0. The van der Waals surface area contributed by atoms with Crippen molar-refractivity contribution in [3.05, 3.63) is 48.3 Å². The second-order valence-corrected chi connectivity index (χ2v) is 9.14. The predicted molar refractivity (Wildman–Crippen MR) is 110 cm³/mol. The summed E-state index contributed by atoms with van der Waals surface area (Å²) in [5.41, 5.74) is -0.0458. The van der Waals surface area contributed by atoms with Gasteiger partial charge in [-0.05, 0) is 56.9 Å². The average molecular weight is 413 g/mol. The van der Waals surface area contributed by atoms with Crippen LogP contribution in [-0.2, 0) is 18.9 Å². The van der Waals surface area contributed by atoms with E-state index in [1.165, 1.54) is 12.1 Å². The van der Waals surface area contributed by atoms with E-state index in [0.717, 1.165) is 5.56 Å². The number of nitrogens with zero attached hydrogens (tertiary/aromatic N) is 1. The highest BCUT2D eigenvalue weighted by atomic mass is 19.1. The van der Waals surface area contributed by atoms with Crippen LogP contribution >= 0.6 is 0 Å². The SMILES string of the molecule is COc1ccc([B-]23OC(=O)C(C)(C)[N+]2(C)C(C)(C)C(=O)O3)cc1-c1ccc(F)cc1. The fourth-order valence-corrected chi connectivity index (χ4v) is 4.98. The smallest absolute Gasteiger partial charge is 0.596 e. The first kappa shape index (κ1) is 20.4. The van der Waals surface area contributed by atoms with Crippen molar-refractivity contribution in [2.75, 3.05) is 14.2 Å². The summed E-state index contributed by atoms with van der Waals surface area (Å²) in [4.78, 5) is 25.8. The molecule has 0 unspecified atom stereocenters. The van der Waals surface area contributed by atoms with E-state index < -0.39 is 29.7 Å². The maximum absolute atomic E-state index is 13.4. The lowest BCUT2D eigenvalue weighted by molar-refractivity contribution is -0.885. The maximum atomic E-state index is 13.4. The third-order valence-electron chi connectivity index (χ3n) is 7.34. The minimum absolute atomic E-state index is 0.0349. The summed E-state index contributed by atoms with van der Waals surface area (Å²) in [5.74, 6) is -0.632. The number of fused-ring (bicyclic) bond motifs is 1. The Hall–Kier alpha value is -2.87. The summed E-state index contributed by atoms with van der Waals surface area (Å²) < 4.78 is 30.7. The molecule has 6 nitrogen and oxygen atoms in total. The standard InChI is InChI=1S/C22H25BFNO5/c1-21(2)19(26)29-23(25(21,5)22(3,4)20(27)30-23)15-9-12-18(28-6)17(13-15)14-7-10-16(24)11-8-14/h7-13H,1-6H3. The van der Waals surface area contributed by atoms with Crippen LogP contribution in [0, 0.1) is 5.82 Å². The van der Waals surface area contributed by atoms with E-state index in [9.17, 15) is 14.0 Å². The van der Waals surface area contributed by atoms with E-state index in [2.05, 4.69) is 0 Å². The lowest BCUT2D eigenvalue weighted by Gasteiger charge is -2.54. The maximum Gasteiger partial charge on any atom is 0.615 e. The van der Waals surface area contributed by atoms with Crippen molar-refractivity contribution in [2.45, 2.75) is 38.8 Å². The molecule has 158 valence electrons. The van der Waals surface area contributed by atoms with Crippen LogP contribution in [0.3, 0.4) is 0 Å². The molecule has 0 saturated carbocycles. The van der Waals surface area contributed by atoms with Crippen LogP contribution in [0.15, 0.2) is 42.5 Å². The van der Waals surface area contributed by atoms with Gasteiger partial charge in [-0.3, -0.25) is 0 Å². The quantitative estimate of drug-likeness (QED) is 0.725. The molecule has 8 heteroatoms. The fraction of sp³-hybridized carbons (Fsp3) is 0.364. The number of likely N-dealkylation sites (N-methyl/N-ethyl adjacent to an activating group) is 1. The summed E-state index contributed by atoms with van der Waals surface area (Å²) in [6, 6.07) is 11.3. The molecule has 2 aliphatic rings. The summed E-state index contributed by atoms with van der Waals surface area (Å²) >= 11 is 0. The zero-order valence-electron chi connectivity index (χ0n) is 18.0. The number of ether oxygens (including phenoxy) is 1. The third kappa shape index (κ3) is 2.22. The normalized spacial score (nSPS) is 28.6. The molecule has 2 fully saturated rings. The van der Waals surface area contributed by atoms with Crippen LogP contribution in [0.2, 0.25) is 0 Å². The highest BCUT2D eigenvalue weighted by Crippen LogP contribution is 2.52. The number of quaternary nitrogens is 1. The summed E-state index contributed by atoms with van der Waals surface area (Å²) in [7, 11) is 3.38. The van der Waals surface area contributed by atoms with Crippen molar-refractivity contribution in [1.29, 1.82) is 0 Å². The Balaban J connectivity index is 1.98. The van der Waals surface area contributed by atoms with Gasteiger partial charge in [0.2, 0.25) is 0 Å². The Morgan fingerprint density at radius 1 is 0.933 bits per heavy atom. The van der Waals surface area contributed by atoms with Gasteiger partial charge in [-0.25, -0.2) is 14.0 Å². The third-order valence-corrected chi connectivity index (χ3v) is 7.34. The summed E-state index contributed by atoms with van der Waals surface area (Å²) in [5, 5.41) is 0. The highest BCUT2D eigenvalue weighted by Gasteiger charge is 2.80. The number of benzene rings is 2. The van der Waals surface area contributed by atoms with E-state index >= 15 is 0 Å². The lowest BCUT2D eigenvalue weighted by Crippen LogP contribution is -2.77. The zero-order chi connectivity index (χ0) is 22.1. The first-order chi connectivity index (χ1) is 13.9. The number of carbonyl (C=O) groups excluding carboxylic acids is 2. The van der Waals surface area contributed by atoms with Crippen LogP contribution in [0.25, 0.3) is 11.1 Å². The molecule has 0 spiro atoms. The molecule has 2 aromatic rings. The first-order valence-electron chi connectivity index (χ1n) is 9.84. The van der Waals surface area contributed by atoms with Gasteiger partial charge in [-0.2, -0.15) is 0 Å². The molecule has 2 heterocycles. The topological polar surface area (TPSA) is 61.8 Å². The van der Waals surface area contributed by atoms with Gasteiger partial charge in [-0.15, -0.1) is 0 Å². The number of rotatable bonds is 3. The molecule has 0 aliphatic carbocycles. The molecule has 2 aliphatic heterocycles. The Morgan fingerprint density at radius 2 is 1.47 bits per heavy atom. The molecular weight excluding hydrogens is 388 g/mol. The van der Waals surface area contributed by atoms with Gasteiger partial charge in [0.15, 0.2) is 11.1 Å². The molecule has 0 radical (unpaired) electrons. The molecule has 2 aromatic carbocycles. The van der Waals surface area contributed by atoms with Crippen molar-refractivity contribution < 1.29 is 32.4 Å². The molecule has 0 N–H and O–H groups in total. The Bertz CT molecular complexity index is 1030. The van der Waals surface area contributed by atoms with Crippen LogP contribution in [0.4, 0.5) is 4.39 Å². The van der Waals surface area contributed by atoms with E-state index in [-0.39, 0.29) is 10.2 Å². The summed E-state index contributed by atoms with van der Waals surface area (Å²) in [6.07, 6.45) is 0. The summed E-state index contributed by atoms with van der Waals surface area (Å²) in [6.45, 7) is 4.56. The second-order valence-electron chi connectivity index (χ2n) is 9.14. The highest BCUT2D eigenvalue weighted by molar-refractivity contribution is 6.79. The monoisotopic (exact) mass is 413 g/mol. The minimum Gasteiger partial charge on any atom is -0.596 e. The number of methoxy groups -OCH3 is 1. The van der Waals surface area contributed by atoms with Crippen molar-refractivity contribution >= 4 is 24.1 Å². The number of halogens is 1. The molecule has 0 aromatic heterocycles. The van der Waals surface area contributed by atoms with Gasteiger partial charge >= 0.3 is 18.6 Å².